The molecule has 1 saturated heterocycles. The van der Waals surface area contributed by atoms with Crippen LogP contribution in [0.25, 0.3) is 0 Å². The SMILES string of the molecule is CCC1COCCN1c1ccccc1[C@H](O)CC. The number of nitrogens with zero attached hydrogens (tertiary/aromatic N) is 1. The summed E-state index contributed by atoms with van der Waals surface area (Å²) >= 11 is 0. The number of hydrogen-bond donors (Lipinski definition) is 1. The van der Waals surface area contributed by atoms with E-state index >= 15 is 0 Å². The van der Waals surface area contributed by atoms with Crippen molar-refractivity contribution in [3.05, 3.63) is 29.8 Å². The minimum absolute atomic E-state index is 0.374. The largest absolute Gasteiger partial charge is 0.388 e. The third kappa shape index (κ3) is 2.68. The van der Waals surface area contributed by atoms with E-state index in [0.29, 0.717) is 6.04 Å². The van der Waals surface area contributed by atoms with Crippen molar-refractivity contribution < 1.29 is 9.84 Å². The second-order valence-electron chi connectivity index (χ2n) is 4.81. The predicted octanol–water partition coefficient (Wildman–Crippen LogP) is 2.75. The standard InChI is InChI=1S/C15H23NO2/c1-3-12-11-18-10-9-16(12)14-8-6-5-7-13(14)15(17)4-2/h5-8,12,15,17H,3-4,9-11H2,1-2H3/t12?,15-/m1/s1. The van der Waals surface area contributed by atoms with Gasteiger partial charge in [-0.3, -0.25) is 0 Å². The maximum atomic E-state index is 10.1. The Morgan fingerprint density at radius 3 is 2.89 bits per heavy atom. The van der Waals surface area contributed by atoms with E-state index in [0.717, 1.165) is 38.2 Å². The third-order valence-corrected chi connectivity index (χ3v) is 3.69. The molecule has 0 saturated carbocycles. The molecule has 1 heterocycles. The minimum Gasteiger partial charge on any atom is -0.388 e. The van der Waals surface area contributed by atoms with Crippen LogP contribution in [-0.4, -0.2) is 30.9 Å². The lowest BCUT2D eigenvalue weighted by molar-refractivity contribution is 0.0923. The zero-order valence-electron chi connectivity index (χ0n) is 11.3. The predicted molar refractivity (Wildman–Crippen MR) is 73.9 cm³/mol. The highest BCUT2D eigenvalue weighted by atomic mass is 16.5. The molecule has 0 aromatic heterocycles. The number of aliphatic hydroxyl groups excluding tert-OH is 1. The number of para-hydroxylation sites is 1. The maximum Gasteiger partial charge on any atom is 0.0807 e. The van der Waals surface area contributed by atoms with Crippen LogP contribution in [0.1, 0.15) is 38.4 Å². The molecular formula is C15H23NO2. The van der Waals surface area contributed by atoms with E-state index in [1.807, 2.05) is 25.1 Å². The molecule has 0 radical (unpaired) electrons. The first kappa shape index (κ1) is 13.4. The summed E-state index contributed by atoms with van der Waals surface area (Å²) in [5.74, 6) is 0. The monoisotopic (exact) mass is 249 g/mol. The molecule has 1 N–H and O–H groups in total. The molecule has 1 unspecified atom stereocenters. The molecule has 0 bridgehead atoms. The van der Waals surface area contributed by atoms with Gasteiger partial charge in [0.2, 0.25) is 0 Å². The van der Waals surface area contributed by atoms with Crippen molar-refractivity contribution >= 4 is 5.69 Å². The van der Waals surface area contributed by atoms with Gasteiger partial charge in [0.1, 0.15) is 0 Å². The van der Waals surface area contributed by atoms with Crippen LogP contribution >= 0.6 is 0 Å². The fraction of sp³-hybridized carbons (Fsp3) is 0.600. The van der Waals surface area contributed by atoms with E-state index in [1.165, 1.54) is 5.69 Å². The number of aliphatic hydroxyl groups is 1. The van der Waals surface area contributed by atoms with Gasteiger partial charge in [0.15, 0.2) is 0 Å². The van der Waals surface area contributed by atoms with Crippen LogP contribution in [0.2, 0.25) is 0 Å². The second kappa shape index (κ2) is 6.21. The molecule has 2 rings (SSSR count). The molecule has 2 atom stereocenters. The van der Waals surface area contributed by atoms with E-state index in [4.69, 9.17) is 4.74 Å². The Bertz CT molecular complexity index is 381. The molecular weight excluding hydrogens is 226 g/mol. The topological polar surface area (TPSA) is 32.7 Å². The second-order valence-corrected chi connectivity index (χ2v) is 4.81. The Morgan fingerprint density at radius 1 is 1.39 bits per heavy atom. The van der Waals surface area contributed by atoms with E-state index < -0.39 is 0 Å². The number of rotatable bonds is 4. The first-order chi connectivity index (χ1) is 8.77. The van der Waals surface area contributed by atoms with Gasteiger partial charge in [0.05, 0.1) is 25.4 Å². The molecule has 100 valence electrons. The van der Waals surface area contributed by atoms with Gasteiger partial charge >= 0.3 is 0 Å². The third-order valence-electron chi connectivity index (χ3n) is 3.69. The Kier molecular flexibility index (Phi) is 4.61. The van der Waals surface area contributed by atoms with Gasteiger partial charge in [-0.1, -0.05) is 32.0 Å². The van der Waals surface area contributed by atoms with Gasteiger partial charge in [-0.15, -0.1) is 0 Å². The van der Waals surface area contributed by atoms with Crippen LogP contribution in [0.15, 0.2) is 24.3 Å². The quantitative estimate of drug-likeness (QED) is 0.890. The average molecular weight is 249 g/mol. The highest BCUT2D eigenvalue weighted by Gasteiger charge is 2.24. The summed E-state index contributed by atoms with van der Waals surface area (Å²) in [6.07, 6.45) is 1.44. The lowest BCUT2D eigenvalue weighted by atomic mass is 10.0. The number of ether oxygens (including phenoxy) is 1. The number of anilines is 1. The molecule has 0 aliphatic carbocycles. The molecule has 1 aliphatic rings. The van der Waals surface area contributed by atoms with Crippen molar-refractivity contribution in [1.29, 1.82) is 0 Å². The molecule has 18 heavy (non-hydrogen) atoms. The lowest BCUT2D eigenvalue weighted by Crippen LogP contribution is -2.45. The summed E-state index contributed by atoms with van der Waals surface area (Å²) in [4.78, 5) is 2.39. The van der Waals surface area contributed by atoms with Crippen LogP contribution in [0.4, 0.5) is 5.69 Å². The fourth-order valence-electron chi connectivity index (χ4n) is 2.56. The van der Waals surface area contributed by atoms with Crippen molar-refractivity contribution in [2.24, 2.45) is 0 Å². The van der Waals surface area contributed by atoms with Crippen molar-refractivity contribution in [2.75, 3.05) is 24.7 Å². The van der Waals surface area contributed by atoms with Crippen molar-refractivity contribution in [1.82, 2.24) is 0 Å². The van der Waals surface area contributed by atoms with Crippen LogP contribution < -0.4 is 4.90 Å². The van der Waals surface area contributed by atoms with E-state index in [2.05, 4.69) is 17.9 Å². The molecule has 1 aliphatic heterocycles. The molecule has 0 amide bonds. The highest BCUT2D eigenvalue weighted by molar-refractivity contribution is 5.55. The average Bonchev–Trinajstić information content (AvgIpc) is 2.46. The molecule has 1 fully saturated rings. The van der Waals surface area contributed by atoms with Gasteiger partial charge < -0.3 is 14.7 Å². The zero-order valence-corrected chi connectivity index (χ0v) is 11.3. The summed E-state index contributed by atoms with van der Waals surface area (Å²) in [5, 5.41) is 10.1. The van der Waals surface area contributed by atoms with Gasteiger partial charge in [-0.25, -0.2) is 0 Å². The number of hydrogen-bond acceptors (Lipinski definition) is 3. The summed E-state index contributed by atoms with van der Waals surface area (Å²) in [7, 11) is 0. The smallest absolute Gasteiger partial charge is 0.0807 e. The van der Waals surface area contributed by atoms with E-state index in [9.17, 15) is 5.11 Å². The molecule has 3 heteroatoms. The summed E-state index contributed by atoms with van der Waals surface area (Å²) in [5.41, 5.74) is 2.21. The fourth-order valence-corrected chi connectivity index (χ4v) is 2.56. The van der Waals surface area contributed by atoms with Crippen LogP contribution in [-0.2, 0) is 4.74 Å². The van der Waals surface area contributed by atoms with Crippen molar-refractivity contribution in [3.8, 4) is 0 Å². The van der Waals surface area contributed by atoms with Crippen LogP contribution in [0, 0.1) is 0 Å². The van der Waals surface area contributed by atoms with Gasteiger partial charge in [-0.2, -0.15) is 0 Å². The van der Waals surface area contributed by atoms with Crippen molar-refractivity contribution in [2.45, 2.75) is 38.8 Å². The normalized spacial score (nSPS) is 21.9. The first-order valence-electron chi connectivity index (χ1n) is 6.89. The Balaban J connectivity index is 2.30. The van der Waals surface area contributed by atoms with E-state index in [-0.39, 0.29) is 6.10 Å². The number of morpholine rings is 1. The molecule has 0 spiro atoms. The minimum atomic E-state index is -0.374. The summed E-state index contributed by atoms with van der Waals surface area (Å²) < 4.78 is 5.55. The Labute approximate surface area is 109 Å². The lowest BCUT2D eigenvalue weighted by Gasteiger charge is -2.38. The number of benzene rings is 1. The van der Waals surface area contributed by atoms with Gasteiger partial charge in [0, 0.05) is 17.8 Å². The Hall–Kier alpha value is -1.06. The van der Waals surface area contributed by atoms with Crippen LogP contribution in [0.3, 0.4) is 0 Å². The summed E-state index contributed by atoms with van der Waals surface area (Å²) in [6, 6.07) is 8.61. The Morgan fingerprint density at radius 2 is 2.17 bits per heavy atom. The first-order valence-corrected chi connectivity index (χ1v) is 6.89. The summed E-state index contributed by atoms with van der Waals surface area (Å²) in [6.45, 7) is 6.66. The molecule has 1 aromatic carbocycles. The maximum absolute atomic E-state index is 10.1. The zero-order chi connectivity index (χ0) is 13.0. The van der Waals surface area contributed by atoms with Gasteiger partial charge in [-0.05, 0) is 18.9 Å². The van der Waals surface area contributed by atoms with Crippen LogP contribution in [0.5, 0.6) is 0 Å². The highest BCUT2D eigenvalue weighted by Crippen LogP contribution is 2.30. The molecule has 1 aromatic rings. The van der Waals surface area contributed by atoms with Crippen molar-refractivity contribution in [3.63, 3.8) is 0 Å². The molecule has 3 nitrogen and oxygen atoms in total. The van der Waals surface area contributed by atoms with E-state index in [1.54, 1.807) is 0 Å². The van der Waals surface area contributed by atoms with Gasteiger partial charge in [0.25, 0.3) is 0 Å².